The summed E-state index contributed by atoms with van der Waals surface area (Å²) < 4.78 is 43.5. The first-order valence-corrected chi connectivity index (χ1v) is 8.93. The van der Waals surface area contributed by atoms with Crippen molar-refractivity contribution in [3.63, 3.8) is 0 Å². The van der Waals surface area contributed by atoms with Crippen LogP contribution in [-0.4, -0.2) is 21.0 Å². The third-order valence-electron chi connectivity index (χ3n) is 5.62. The Morgan fingerprint density at radius 2 is 2.11 bits per heavy atom. The van der Waals surface area contributed by atoms with Crippen LogP contribution in [0.5, 0.6) is 0 Å². The SMILES string of the molecule is C[C@H](NC(=O)C1CC2(CCC2)C1)c1nc(-c2ccnc(C(F)(F)F)c2)no1. The fraction of sp³-hybridized carbons (Fsp3) is 0.556. The van der Waals surface area contributed by atoms with E-state index in [1.54, 1.807) is 6.92 Å². The second-order valence-corrected chi connectivity index (χ2v) is 7.57. The van der Waals surface area contributed by atoms with Crippen molar-refractivity contribution in [2.45, 2.75) is 51.2 Å². The predicted octanol–water partition coefficient (Wildman–Crippen LogP) is 3.91. The van der Waals surface area contributed by atoms with Crippen molar-refractivity contribution in [2.75, 3.05) is 0 Å². The Bertz CT molecular complexity index is 852. The molecule has 1 N–H and O–H groups in total. The Morgan fingerprint density at radius 1 is 1.37 bits per heavy atom. The highest BCUT2D eigenvalue weighted by Gasteiger charge is 2.50. The molecule has 1 spiro atoms. The third-order valence-corrected chi connectivity index (χ3v) is 5.62. The van der Waals surface area contributed by atoms with Crippen LogP contribution < -0.4 is 5.32 Å². The number of hydrogen-bond acceptors (Lipinski definition) is 5. The molecule has 27 heavy (non-hydrogen) atoms. The van der Waals surface area contributed by atoms with Crippen molar-refractivity contribution in [2.24, 2.45) is 11.3 Å². The van der Waals surface area contributed by atoms with Gasteiger partial charge in [0, 0.05) is 17.7 Å². The van der Waals surface area contributed by atoms with Crippen LogP contribution in [0.2, 0.25) is 0 Å². The second-order valence-electron chi connectivity index (χ2n) is 7.57. The molecule has 0 radical (unpaired) electrons. The molecule has 2 fully saturated rings. The van der Waals surface area contributed by atoms with Gasteiger partial charge in [-0.2, -0.15) is 18.2 Å². The summed E-state index contributed by atoms with van der Waals surface area (Å²) in [5.74, 6) is 0.158. The van der Waals surface area contributed by atoms with Gasteiger partial charge in [-0.25, -0.2) is 0 Å². The van der Waals surface area contributed by atoms with E-state index in [1.807, 2.05) is 0 Å². The van der Waals surface area contributed by atoms with Crippen LogP contribution in [0, 0.1) is 11.3 Å². The molecule has 144 valence electrons. The van der Waals surface area contributed by atoms with Gasteiger partial charge in [-0.05, 0) is 50.2 Å². The van der Waals surface area contributed by atoms with Crippen molar-refractivity contribution in [3.05, 3.63) is 29.9 Å². The Balaban J connectivity index is 1.41. The largest absolute Gasteiger partial charge is 0.433 e. The average Bonchev–Trinajstić information content (AvgIpc) is 3.01. The lowest BCUT2D eigenvalue weighted by Gasteiger charge is -2.53. The number of carbonyl (C=O) groups is 1. The molecule has 9 heteroatoms. The van der Waals surface area contributed by atoms with E-state index >= 15 is 0 Å². The van der Waals surface area contributed by atoms with Crippen LogP contribution in [0.4, 0.5) is 13.2 Å². The summed E-state index contributed by atoms with van der Waals surface area (Å²) in [6.07, 6.45) is 2.03. The topological polar surface area (TPSA) is 80.9 Å². The highest BCUT2D eigenvalue weighted by Crippen LogP contribution is 2.58. The van der Waals surface area contributed by atoms with Crippen molar-refractivity contribution < 1.29 is 22.5 Å². The van der Waals surface area contributed by atoms with E-state index in [1.165, 1.54) is 25.3 Å². The van der Waals surface area contributed by atoms with E-state index in [-0.39, 0.29) is 29.1 Å². The van der Waals surface area contributed by atoms with E-state index in [0.717, 1.165) is 25.1 Å². The molecule has 2 aromatic rings. The summed E-state index contributed by atoms with van der Waals surface area (Å²) in [4.78, 5) is 19.8. The maximum atomic E-state index is 12.8. The standard InChI is InChI=1S/C18H19F3N4O2/c1-10(23-15(26)12-8-17(9-12)4-2-5-17)16-24-14(25-27-16)11-3-6-22-13(7-11)18(19,20)21/h3,6-7,10,12H,2,4-5,8-9H2,1H3,(H,23,26)/t10-/m0/s1. The Labute approximate surface area is 153 Å². The van der Waals surface area contributed by atoms with Crippen LogP contribution in [0.3, 0.4) is 0 Å². The lowest BCUT2D eigenvalue weighted by molar-refractivity contribution is -0.141. The van der Waals surface area contributed by atoms with Gasteiger partial charge in [0.2, 0.25) is 17.6 Å². The van der Waals surface area contributed by atoms with Crippen LogP contribution in [0.25, 0.3) is 11.4 Å². The van der Waals surface area contributed by atoms with Gasteiger partial charge in [-0.15, -0.1) is 0 Å². The Hall–Kier alpha value is -2.45. The summed E-state index contributed by atoms with van der Waals surface area (Å²) in [5, 5.41) is 6.59. The van der Waals surface area contributed by atoms with Gasteiger partial charge in [0.1, 0.15) is 11.7 Å². The third kappa shape index (κ3) is 3.42. The van der Waals surface area contributed by atoms with Gasteiger partial charge in [0.05, 0.1) is 0 Å². The molecule has 0 bridgehead atoms. The van der Waals surface area contributed by atoms with Crippen molar-refractivity contribution >= 4 is 5.91 Å². The lowest BCUT2D eigenvalue weighted by atomic mass is 9.51. The minimum Gasteiger partial charge on any atom is -0.344 e. The molecule has 0 unspecified atom stereocenters. The van der Waals surface area contributed by atoms with Gasteiger partial charge >= 0.3 is 6.18 Å². The summed E-state index contributed by atoms with van der Waals surface area (Å²) >= 11 is 0. The molecular weight excluding hydrogens is 361 g/mol. The minimum absolute atomic E-state index is 0.0182. The molecule has 2 aromatic heterocycles. The molecule has 1 amide bonds. The molecule has 2 aliphatic rings. The number of pyridine rings is 1. The Kier molecular flexibility index (Phi) is 4.20. The van der Waals surface area contributed by atoms with Gasteiger partial charge < -0.3 is 9.84 Å². The lowest BCUT2D eigenvalue weighted by Crippen LogP contribution is -2.49. The number of nitrogens with one attached hydrogen (secondary N) is 1. The van der Waals surface area contributed by atoms with Crippen molar-refractivity contribution in [3.8, 4) is 11.4 Å². The van der Waals surface area contributed by atoms with Gasteiger partial charge in [-0.1, -0.05) is 11.6 Å². The average molecular weight is 380 g/mol. The summed E-state index contributed by atoms with van der Waals surface area (Å²) in [6.45, 7) is 1.71. The molecule has 2 heterocycles. The van der Waals surface area contributed by atoms with Gasteiger partial charge in [-0.3, -0.25) is 9.78 Å². The van der Waals surface area contributed by atoms with Crippen molar-refractivity contribution in [1.82, 2.24) is 20.4 Å². The molecule has 1 atom stereocenters. The zero-order valence-corrected chi connectivity index (χ0v) is 14.7. The number of nitrogens with zero attached hydrogens (tertiary/aromatic N) is 3. The molecule has 0 aromatic carbocycles. The normalized spacial score (nSPS) is 20.0. The number of alkyl halides is 3. The predicted molar refractivity (Wildman–Crippen MR) is 88.1 cm³/mol. The fourth-order valence-corrected chi connectivity index (χ4v) is 3.90. The fourth-order valence-electron chi connectivity index (χ4n) is 3.90. The van der Waals surface area contributed by atoms with Crippen molar-refractivity contribution in [1.29, 1.82) is 0 Å². The molecule has 6 nitrogen and oxygen atoms in total. The summed E-state index contributed by atoms with van der Waals surface area (Å²) in [5.41, 5.74) is -0.472. The number of aromatic nitrogens is 3. The first-order chi connectivity index (χ1) is 12.8. The Morgan fingerprint density at radius 3 is 2.74 bits per heavy atom. The highest BCUT2D eigenvalue weighted by molar-refractivity contribution is 5.80. The molecule has 4 rings (SSSR count). The van der Waals surface area contributed by atoms with Crippen LogP contribution in [-0.2, 0) is 11.0 Å². The van der Waals surface area contributed by atoms with E-state index < -0.39 is 17.9 Å². The van der Waals surface area contributed by atoms with Crippen LogP contribution in [0.1, 0.15) is 56.7 Å². The molecular formula is C18H19F3N4O2. The maximum absolute atomic E-state index is 12.8. The molecule has 0 saturated heterocycles. The number of amides is 1. The van der Waals surface area contributed by atoms with Gasteiger partial charge in [0.15, 0.2) is 0 Å². The zero-order chi connectivity index (χ0) is 19.2. The van der Waals surface area contributed by atoms with E-state index in [2.05, 4.69) is 20.4 Å². The van der Waals surface area contributed by atoms with Crippen LogP contribution in [0.15, 0.2) is 22.9 Å². The number of hydrogen-bond donors (Lipinski definition) is 1. The smallest absolute Gasteiger partial charge is 0.344 e. The summed E-state index contributed by atoms with van der Waals surface area (Å²) in [6, 6.07) is 1.73. The van der Waals surface area contributed by atoms with Crippen LogP contribution >= 0.6 is 0 Å². The van der Waals surface area contributed by atoms with E-state index in [4.69, 9.17) is 4.52 Å². The molecule has 2 saturated carbocycles. The molecule has 0 aliphatic heterocycles. The van der Waals surface area contributed by atoms with E-state index in [9.17, 15) is 18.0 Å². The maximum Gasteiger partial charge on any atom is 0.433 e. The van der Waals surface area contributed by atoms with E-state index in [0.29, 0.717) is 5.41 Å². The zero-order valence-electron chi connectivity index (χ0n) is 14.7. The highest BCUT2D eigenvalue weighted by atomic mass is 19.4. The first-order valence-electron chi connectivity index (χ1n) is 8.93. The molecule has 2 aliphatic carbocycles. The number of halogens is 3. The minimum atomic E-state index is -4.55. The summed E-state index contributed by atoms with van der Waals surface area (Å²) in [7, 11) is 0. The first kappa shape index (κ1) is 17.9. The van der Waals surface area contributed by atoms with Gasteiger partial charge in [0.25, 0.3) is 0 Å². The second kappa shape index (κ2) is 6.31. The quantitative estimate of drug-likeness (QED) is 0.870. The number of rotatable bonds is 4. The number of carbonyl (C=O) groups excluding carboxylic acids is 1. The monoisotopic (exact) mass is 380 g/mol.